The molecule has 1 aromatic heterocycles. The van der Waals surface area contributed by atoms with Gasteiger partial charge in [-0.25, -0.2) is 0 Å². The van der Waals surface area contributed by atoms with Crippen molar-refractivity contribution in [1.82, 2.24) is 15.1 Å². The SMILES string of the molecule is Cc1c(C(=O)NCC2(C)CCCCC2O)cnn1CC(C)C. The molecule has 1 saturated carbocycles. The zero-order valence-electron chi connectivity index (χ0n) is 14.2. The Morgan fingerprint density at radius 1 is 1.55 bits per heavy atom. The van der Waals surface area contributed by atoms with Crippen molar-refractivity contribution in [2.24, 2.45) is 11.3 Å². The molecule has 1 aromatic rings. The fraction of sp³-hybridized carbons (Fsp3) is 0.765. The summed E-state index contributed by atoms with van der Waals surface area (Å²) in [5, 5.41) is 17.5. The van der Waals surface area contributed by atoms with Gasteiger partial charge in [-0.05, 0) is 25.7 Å². The molecule has 1 fully saturated rings. The third-order valence-corrected chi connectivity index (χ3v) is 4.82. The molecule has 124 valence electrons. The van der Waals surface area contributed by atoms with Crippen molar-refractivity contribution < 1.29 is 9.90 Å². The summed E-state index contributed by atoms with van der Waals surface area (Å²) in [6.07, 6.45) is 5.30. The lowest BCUT2D eigenvalue weighted by Crippen LogP contribution is -2.45. The van der Waals surface area contributed by atoms with Gasteiger partial charge in [0.05, 0.1) is 17.9 Å². The molecule has 0 bridgehead atoms. The maximum atomic E-state index is 12.4. The van der Waals surface area contributed by atoms with Gasteiger partial charge in [-0.15, -0.1) is 0 Å². The van der Waals surface area contributed by atoms with Crippen molar-refractivity contribution in [1.29, 1.82) is 0 Å². The Kier molecular flexibility index (Phi) is 5.27. The van der Waals surface area contributed by atoms with Crippen LogP contribution in [-0.2, 0) is 6.54 Å². The Morgan fingerprint density at radius 3 is 2.91 bits per heavy atom. The van der Waals surface area contributed by atoms with Crippen LogP contribution in [0.3, 0.4) is 0 Å². The van der Waals surface area contributed by atoms with Gasteiger partial charge in [-0.2, -0.15) is 5.10 Å². The van der Waals surface area contributed by atoms with Crippen molar-refractivity contribution in [3.63, 3.8) is 0 Å². The zero-order chi connectivity index (χ0) is 16.3. The smallest absolute Gasteiger partial charge is 0.254 e. The van der Waals surface area contributed by atoms with E-state index < -0.39 is 0 Å². The van der Waals surface area contributed by atoms with Crippen LogP contribution in [0.15, 0.2) is 6.20 Å². The largest absolute Gasteiger partial charge is 0.392 e. The quantitative estimate of drug-likeness (QED) is 0.878. The molecule has 1 aliphatic carbocycles. The van der Waals surface area contributed by atoms with Gasteiger partial charge >= 0.3 is 0 Å². The molecule has 1 amide bonds. The second-order valence-corrected chi connectivity index (χ2v) is 7.32. The normalized spacial score (nSPS) is 25.5. The van der Waals surface area contributed by atoms with E-state index in [0.717, 1.165) is 37.9 Å². The lowest BCUT2D eigenvalue weighted by atomic mass is 9.73. The molecule has 2 rings (SSSR count). The summed E-state index contributed by atoms with van der Waals surface area (Å²) in [7, 11) is 0. The number of aliphatic hydroxyl groups excluding tert-OH is 1. The summed E-state index contributed by atoms with van der Waals surface area (Å²) >= 11 is 0. The minimum atomic E-state index is -0.327. The number of carbonyl (C=O) groups is 1. The van der Waals surface area contributed by atoms with Gasteiger partial charge in [-0.1, -0.05) is 33.6 Å². The van der Waals surface area contributed by atoms with Crippen LogP contribution in [0, 0.1) is 18.3 Å². The summed E-state index contributed by atoms with van der Waals surface area (Å²) in [6.45, 7) is 9.59. The monoisotopic (exact) mass is 307 g/mol. The number of rotatable bonds is 5. The summed E-state index contributed by atoms with van der Waals surface area (Å²) in [4.78, 5) is 12.4. The number of nitrogens with zero attached hydrogens (tertiary/aromatic N) is 2. The fourth-order valence-corrected chi connectivity index (χ4v) is 3.16. The Hall–Kier alpha value is -1.36. The Labute approximate surface area is 133 Å². The molecular weight excluding hydrogens is 278 g/mol. The molecular formula is C17H29N3O2. The molecule has 0 aliphatic heterocycles. The third-order valence-electron chi connectivity index (χ3n) is 4.82. The summed E-state index contributed by atoms with van der Waals surface area (Å²) < 4.78 is 1.89. The minimum absolute atomic E-state index is 0.0912. The molecule has 5 heteroatoms. The van der Waals surface area contributed by atoms with Gasteiger partial charge in [0.25, 0.3) is 5.91 Å². The molecule has 2 N–H and O–H groups in total. The van der Waals surface area contributed by atoms with E-state index in [1.54, 1.807) is 6.20 Å². The molecule has 0 aromatic carbocycles. The van der Waals surface area contributed by atoms with E-state index in [2.05, 4.69) is 31.2 Å². The average Bonchev–Trinajstić information content (AvgIpc) is 2.81. The molecule has 2 unspecified atom stereocenters. The predicted molar refractivity (Wildman–Crippen MR) is 86.7 cm³/mol. The van der Waals surface area contributed by atoms with Gasteiger partial charge < -0.3 is 10.4 Å². The van der Waals surface area contributed by atoms with Crippen LogP contribution in [-0.4, -0.2) is 33.4 Å². The van der Waals surface area contributed by atoms with Crippen molar-refractivity contribution in [2.45, 2.75) is 66.0 Å². The van der Waals surface area contributed by atoms with E-state index in [0.29, 0.717) is 18.0 Å². The van der Waals surface area contributed by atoms with Crippen molar-refractivity contribution in [3.8, 4) is 0 Å². The van der Waals surface area contributed by atoms with Crippen LogP contribution in [0.2, 0.25) is 0 Å². The maximum Gasteiger partial charge on any atom is 0.254 e. The number of hydrogen-bond donors (Lipinski definition) is 2. The summed E-state index contributed by atoms with van der Waals surface area (Å²) in [5.74, 6) is 0.400. The van der Waals surface area contributed by atoms with E-state index in [9.17, 15) is 9.90 Å². The van der Waals surface area contributed by atoms with Crippen LogP contribution < -0.4 is 5.32 Å². The van der Waals surface area contributed by atoms with E-state index >= 15 is 0 Å². The lowest BCUT2D eigenvalue weighted by Gasteiger charge is -2.38. The number of hydrogen-bond acceptors (Lipinski definition) is 3. The topological polar surface area (TPSA) is 67.2 Å². The summed E-state index contributed by atoms with van der Waals surface area (Å²) in [5.41, 5.74) is 1.32. The van der Waals surface area contributed by atoms with Gasteiger partial charge in [0.15, 0.2) is 0 Å². The van der Waals surface area contributed by atoms with E-state index in [1.807, 2.05) is 11.6 Å². The highest BCUT2D eigenvalue weighted by Crippen LogP contribution is 2.35. The highest BCUT2D eigenvalue weighted by molar-refractivity contribution is 5.95. The van der Waals surface area contributed by atoms with E-state index in [-0.39, 0.29) is 17.4 Å². The minimum Gasteiger partial charge on any atom is -0.392 e. The molecule has 2 atom stereocenters. The van der Waals surface area contributed by atoms with Gasteiger partial charge in [-0.3, -0.25) is 9.48 Å². The molecule has 0 radical (unpaired) electrons. The maximum absolute atomic E-state index is 12.4. The highest BCUT2D eigenvalue weighted by Gasteiger charge is 2.35. The number of aromatic nitrogens is 2. The van der Waals surface area contributed by atoms with Crippen LogP contribution in [0.4, 0.5) is 0 Å². The standard InChI is InChI=1S/C17H29N3O2/c1-12(2)10-20-13(3)14(9-19-20)16(22)18-11-17(4)8-6-5-7-15(17)21/h9,12,15,21H,5-8,10-11H2,1-4H3,(H,18,22). The number of aliphatic hydroxyl groups is 1. The van der Waals surface area contributed by atoms with E-state index in [4.69, 9.17) is 0 Å². The first-order valence-electron chi connectivity index (χ1n) is 8.32. The van der Waals surface area contributed by atoms with Gasteiger partial charge in [0, 0.05) is 24.2 Å². The average molecular weight is 307 g/mol. The first kappa shape index (κ1) is 17.0. The first-order chi connectivity index (χ1) is 10.3. The number of nitrogens with one attached hydrogen (secondary N) is 1. The highest BCUT2D eigenvalue weighted by atomic mass is 16.3. The van der Waals surface area contributed by atoms with Crippen molar-refractivity contribution in [2.75, 3.05) is 6.54 Å². The molecule has 22 heavy (non-hydrogen) atoms. The Balaban J connectivity index is 1.99. The zero-order valence-corrected chi connectivity index (χ0v) is 14.2. The second-order valence-electron chi connectivity index (χ2n) is 7.32. The van der Waals surface area contributed by atoms with Crippen LogP contribution >= 0.6 is 0 Å². The Morgan fingerprint density at radius 2 is 2.27 bits per heavy atom. The van der Waals surface area contributed by atoms with Gasteiger partial charge in [0.2, 0.25) is 0 Å². The molecule has 5 nitrogen and oxygen atoms in total. The summed E-state index contributed by atoms with van der Waals surface area (Å²) in [6, 6.07) is 0. The molecule has 1 heterocycles. The van der Waals surface area contributed by atoms with Crippen LogP contribution in [0.5, 0.6) is 0 Å². The van der Waals surface area contributed by atoms with Crippen LogP contribution in [0.25, 0.3) is 0 Å². The van der Waals surface area contributed by atoms with Crippen LogP contribution in [0.1, 0.15) is 62.5 Å². The van der Waals surface area contributed by atoms with Gasteiger partial charge in [0.1, 0.15) is 0 Å². The Bertz CT molecular complexity index is 524. The van der Waals surface area contributed by atoms with Crippen molar-refractivity contribution in [3.05, 3.63) is 17.5 Å². The van der Waals surface area contributed by atoms with E-state index in [1.165, 1.54) is 0 Å². The number of amides is 1. The first-order valence-corrected chi connectivity index (χ1v) is 8.32. The lowest BCUT2D eigenvalue weighted by molar-refractivity contribution is 0.00190. The second kappa shape index (κ2) is 6.82. The molecule has 0 spiro atoms. The fourth-order valence-electron chi connectivity index (χ4n) is 3.16. The molecule has 1 aliphatic rings. The molecule has 0 saturated heterocycles. The predicted octanol–water partition coefficient (Wildman–Crippen LogP) is 2.52. The van der Waals surface area contributed by atoms with Crippen molar-refractivity contribution >= 4 is 5.91 Å². The third kappa shape index (κ3) is 3.69. The number of carbonyl (C=O) groups excluding carboxylic acids is 1.